The summed E-state index contributed by atoms with van der Waals surface area (Å²) < 4.78 is 5.25. The van der Waals surface area contributed by atoms with Gasteiger partial charge in [0, 0.05) is 5.56 Å². The monoisotopic (exact) mass is 408 g/mol. The SMILES string of the molecule is C/C(=C\CC/C=C/Cc1c(O)c(Cl)c(C)c(C=O)c1O)COC(=O)C(C)(C)C. The van der Waals surface area contributed by atoms with E-state index in [4.69, 9.17) is 16.3 Å². The van der Waals surface area contributed by atoms with E-state index in [1.54, 1.807) is 13.0 Å². The van der Waals surface area contributed by atoms with Gasteiger partial charge in [-0.1, -0.05) is 29.8 Å². The number of rotatable bonds is 8. The van der Waals surface area contributed by atoms with Crippen molar-refractivity contribution in [2.75, 3.05) is 6.61 Å². The maximum Gasteiger partial charge on any atom is 0.311 e. The van der Waals surface area contributed by atoms with Crippen LogP contribution in [0, 0.1) is 12.3 Å². The molecule has 28 heavy (non-hydrogen) atoms. The molecular weight excluding hydrogens is 380 g/mol. The minimum atomic E-state index is -0.511. The van der Waals surface area contributed by atoms with Gasteiger partial charge in [-0.05, 0) is 65.0 Å². The third-order valence-electron chi connectivity index (χ3n) is 4.24. The maximum atomic E-state index is 11.7. The topological polar surface area (TPSA) is 83.8 Å². The molecule has 1 aromatic carbocycles. The highest BCUT2D eigenvalue weighted by atomic mass is 35.5. The Morgan fingerprint density at radius 1 is 1.14 bits per heavy atom. The molecule has 0 saturated carbocycles. The lowest BCUT2D eigenvalue weighted by atomic mass is 9.97. The number of aromatic hydroxyl groups is 2. The van der Waals surface area contributed by atoms with Gasteiger partial charge in [0.1, 0.15) is 18.1 Å². The first-order valence-electron chi connectivity index (χ1n) is 9.16. The fraction of sp³-hybridized carbons (Fsp3) is 0.455. The first kappa shape index (κ1) is 23.8. The van der Waals surface area contributed by atoms with Crippen LogP contribution in [-0.2, 0) is 16.0 Å². The van der Waals surface area contributed by atoms with Crippen LogP contribution < -0.4 is 0 Å². The molecule has 0 aliphatic heterocycles. The number of allylic oxidation sites excluding steroid dienone is 3. The molecule has 1 rings (SSSR count). The molecule has 0 spiro atoms. The molecule has 0 aromatic heterocycles. The molecule has 0 radical (unpaired) electrons. The number of esters is 1. The molecule has 5 nitrogen and oxygen atoms in total. The lowest BCUT2D eigenvalue weighted by Crippen LogP contribution is -2.23. The van der Waals surface area contributed by atoms with Crippen molar-refractivity contribution in [1.82, 2.24) is 0 Å². The Morgan fingerprint density at radius 3 is 2.36 bits per heavy atom. The highest BCUT2D eigenvalue weighted by Crippen LogP contribution is 2.40. The van der Waals surface area contributed by atoms with Crippen molar-refractivity contribution in [3.05, 3.63) is 45.5 Å². The molecular formula is C22H29ClO5. The minimum absolute atomic E-state index is 0.0756. The summed E-state index contributed by atoms with van der Waals surface area (Å²) in [5.74, 6) is -0.676. The van der Waals surface area contributed by atoms with Crippen molar-refractivity contribution in [3.8, 4) is 11.5 Å². The summed E-state index contributed by atoms with van der Waals surface area (Å²) in [4.78, 5) is 22.9. The Hall–Kier alpha value is -2.27. The Morgan fingerprint density at radius 2 is 1.79 bits per heavy atom. The quantitative estimate of drug-likeness (QED) is 0.264. The van der Waals surface area contributed by atoms with Gasteiger partial charge in [-0.15, -0.1) is 0 Å². The summed E-state index contributed by atoms with van der Waals surface area (Å²) in [6.07, 6.45) is 8.01. The van der Waals surface area contributed by atoms with E-state index in [9.17, 15) is 19.8 Å². The number of hydrogen-bond donors (Lipinski definition) is 2. The van der Waals surface area contributed by atoms with Crippen LogP contribution >= 0.6 is 11.6 Å². The number of carbonyl (C=O) groups excluding carboxylic acids is 2. The highest BCUT2D eigenvalue weighted by molar-refractivity contribution is 6.33. The van der Waals surface area contributed by atoms with Crippen molar-refractivity contribution in [2.45, 2.75) is 53.9 Å². The van der Waals surface area contributed by atoms with Crippen LogP contribution in [0.5, 0.6) is 11.5 Å². The van der Waals surface area contributed by atoms with Crippen molar-refractivity contribution >= 4 is 23.9 Å². The third-order valence-corrected chi connectivity index (χ3v) is 4.71. The van der Waals surface area contributed by atoms with Crippen LogP contribution in [0.3, 0.4) is 0 Å². The molecule has 6 heteroatoms. The summed E-state index contributed by atoms with van der Waals surface area (Å²) in [6, 6.07) is 0. The zero-order chi connectivity index (χ0) is 21.5. The molecule has 0 atom stereocenters. The van der Waals surface area contributed by atoms with Gasteiger partial charge in [0.25, 0.3) is 0 Å². The Bertz CT molecular complexity index is 785. The summed E-state index contributed by atoms with van der Waals surface area (Å²) in [6.45, 7) is 9.19. The first-order chi connectivity index (χ1) is 13.0. The molecule has 154 valence electrons. The Kier molecular flexibility index (Phi) is 8.76. The molecule has 2 N–H and O–H groups in total. The zero-order valence-electron chi connectivity index (χ0n) is 17.1. The number of aldehydes is 1. The normalized spacial score (nSPS) is 12.4. The number of carbonyl (C=O) groups is 2. The molecule has 1 aromatic rings. The number of halogens is 1. The van der Waals surface area contributed by atoms with Crippen molar-refractivity contribution < 1.29 is 24.5 Å². The molecule has 0 bridgehead atoms. The van der Waals surface area contributed by atoms with E-state index in [0.29, 0.717) is 11.8 Å². The van der Waals surface area contributed by atoms with Crippen molar-refractivity contribution in [1.29, 1.82) is 0 Å². The van der Waals surface area contributed by atoms with Gasteiger partial charge in [-0.3, -0.25) is 9.59 Å². The average molecular weight is 409 g/mol. The molecule has 0 aliphatic rings. The standard InChI is InChI=1S/C22H29ClO5/c1-14(13-28-21(27)22(3,4)5)10-8-6-7-9-11-16-19(25)17(12-24)15(2)18(23)20(16)26/h7,9-10,12,25-26H,6,8,11,13H2,1-5H3/b9-7+,14-10+. The number of benzene rings is 1. The van der Waals surface area contributed by atoms with Crippen LogP contribution in [-0.4, -0.2) is 29.1 Å². The maximum absolute atomic E-state index is 11.7. The molecule has 0 heterocycles. The largest absolute Gasteiger partial charge is 0.507 e. The first-order valence-corrected chi connectivity index (χ1v) is 9.54. The van der Waals surface area contributed by atoms with E-state index in [2.05, 4.69) is 0 Å². The van der Waals surface area contributed by atoms with Crippen LogP contribution in [0.25, 0.3) is 0 Å². The summed E-state index contributed by atoms with van der Waals surface area (Å²) in [7, 11) is 0. The predicted octanol–water partition coefficient (Wildman–Crippen LogP) is 5.29. The van der Waals surface area contributed by atoms with E-state index < -0.39 is 5.41 Å². The van der Waals surface area contributed by atoms with Gasteiger partial charge in [0.05, 0.1) is 16.0 Å². The third kappa shape index (κ3) is 6.41. The van der Waals surface area contributed by atoms with E-state index >= 15 is 0 Å². The number of ether oxygens (including phenoxy) is 1. The number of hydrogen-bond acceptors (Lipinski definition) is 5. The van der Waals surface area contributed by atoms with Crippen molar-refractivity contribution in [2.24, 2.45) is 5.41 Å². The highest BCUT2D eigenvalue weighted by Gasteiger charge is 2.22. The van der Waals surface area contributed by atoms with Gasteiger partial charge >= 0.3 is 5.97 Å². The Labute approximate surface area is 171 Å². The smallest absolute Gasteiger partial charge is 0.311 e. The average Bonchev–Trinajstić information content (AvgIpc) is 2.62. The van der Waals surface area contributed by atoms with Crippen LogP contribution in [0.15, 0.2) is 23.8 Å². The second kappa shape index (κ2) is 10.3. The van der Waals surface area contributed by atoms with E-state index in [-0.39, 0.29) is 46.6 Å². The molecule has 0 saturated heterocycles. The van der Waals surface area contributed by atoms with E-state index in [0.717, 1.165) is 18.4 Å². The molecule has 0 amide bonds. The molecule has 0 aliphatic carbocycles. The minimum Gasteiger partial charge on any atom is -0.507 e. The van der Waals surface area contributed by atoms with Gasteiger partial charge in [0.2, 0.25) is 0 Å². The zero-order valence-corrected chi connectivity index (χ0v) is 17.9. The number of phenols is 2. The van der Waals surface area contributed by atoms with Crippen LogP contribution in [0.4, 0.5) is 0 Å². The lowest BCUT2D eigenvalue weighted by molar-refractivity contribution is -0.151. The van der Waals surface area contributed by atoms with Crippen LogP contribution in [0.2, 0.25) is 5.02 Å². The summed E-state index contributed by atoms with van der Waals surface area (Å²) in [5.41, 5.74) is 1.14. The fourth-order valence-corrected chi connectivity index (χ4v) is 2.63. The summed E-state index contributed by atoms with van der Waals surface area (Å²) in [5, 5.41) is 20.4. The molecule has 0 unspecified atom stereocenters. The number of phenolic OH excluding ortho intramolecular Hbond substituents is 2. The number of unbranched alkanes of at least 4 members (excludes halogenated alkanes) is 1. The predicted molar refractivity (Wildman–Crippen MR) is 111 cm³/mol. The van der Waals surface area contributed by atoms with E-state index in [1.807, 2.05) is 39.8 Å². The second-order valence-electron chi connectivity index (χ2n) is 7.78. The second-order valence-corrected chi connectivity index (χ2v) is 8.15. The van der Waals surface area contributed by atoms with Crippen LogP contribution in [0.1, 0.15) is 62.0 Å². The summed E-state index contributed by atoms with van der Waals surface area (Å²) >= 11 is 6.03. The van der Waals surface area contributed by atoms with E-state index in [1.165, 1.54) is 0 Å². The van der Waals surface area contributed by atoms with Gasteiger partial charge in [0.15, 0.2) is 6.29 Å². The fourth-order valence-electron chi connectivity index (χ4n) is 2.42. The van der Waals surface area contributed by atoms with Gasteiger partial charge < -0.3 is 14.9 Å². The van der Waals surface area contributed by atoms with Gasteiger partial charge in [-0.25, -0.2) is 0 Å². The molecule has 0 fully saturated rings. The Balaban J connectivity index is 2.59. The lowest BCUT2D eigenvalue weighted by Gasteiger charge is -2.16. The van der Waals surface area contributed by atoms with Crippen molar-refractivity contribution in [3.63, 3.8) is 0 Å². The van der Waals surface area contributed by atoms with Gasteiger partial charge in [-0.2, -0.15) is 0 Å².